The number of Topliss-reactive ketones (excluding diaryl/α,β-unsaturated/α-hetero) is 1. The molecule has 0 fully saturated rings. The summed E-state index contributed by atoms with van der Waals surface area (Å²) in [5.74, 6) is 0.489. The second kappa shape index (κ2) is 6.16. The topological polar surface area (TPSA) is 93.6 Å². The molecule has 1 aromatic heterocycles. The van der Waals surface area contributed by atoms with Crippen LogP contribution in [0.4, 0.5) is 0 Å². The molecule has 0 aliphatic carbocycles. The van der Waals surface area contributed by atoms with Crippen molar-refractivity contribution in [1.82, 2.24) is 14.5 Å². The van der Waals surface area contributed by atoms with Crippen molar-refractivity contribution in [2.75, 3.05) is 7.05 Å². The summed E-state index contributed by atoms with van der Waals surface area (Å²) in [4.78, 5) is 34.5. The third-order valence-corrected chi connectivity index (χ3v) is 4.56. The highest BCUT2D eigenvalue weighted by Crippen LogP contribution is 2.33. The van der Waals surface area contributed by atoms with Gasteiger partial charge in [-0.05, 0) is 18.1 Å². The van der Waals surface area contributed by atoms with Gasteiger partial charge in [0, 0.05) is 32.9 Å². The molecule has 1 aliphatic heterocycles. The van der Waals surface area contributed by atoms with Crippen LogP contribution in [0.15, 0.2) is 41.7 Å². The predicted octanol–water partition coefficient (Wildman–Crippen LogP) is 1.24. The van der Waals surface area contributed by atoms with Gasteiger partial charge in [-0.25, -0.2) is 9.98 Å². The number of amides is 1. The average molecular weight is 339 g/mol. The number of hydrogen-bond acceptors (Lipinski definition) is 5. The maximum atomic E-state index is 12.4. The number of benzene rings is 1. The van der Waals surface area contributed by atoms with Gasteiger partial charge in [-0.1, -0.05) is 24.3 Å². The van der Waals surface area contributed by atoms with E-state index in [1.54, 1.807) is 31.1 Å². The number of aromatic nitrogens is 2. The van der Waals surface area contributed by atoms with Gasteiger partial charge in [0.1, 0.15) is 0 Å². The van der Waals surface area contributed by atoms with Crippen LogP contribution in [0.3, 0.4) is 0 Å². The van der Waals surface area contributed by atoms with Crippen LogP contribution in [0.5, 0.6) is 0 Å². The Bertz CT molecular complexity index is 870. The molecular formula is C18H21N5O2. The number of nitrogens with two attached hydrogens (primary N) is 1. The summed E-state index contributed by atoms with van der Waals surface area (Å²) in [7, 11) is 3.40. The molecule has 0 saturated carbocycles. The lowest BCUT2D eigenvalue weighted by Gasteiger charge is -2.33. The zero-order chi connectivity index (χ0) is 18.2. The molecule has 7 nitrogen and oxygen atoms in total. The number of ketones is 1. The summed E-state index contributed by atoms with van der Waals surface area (Å²) in [5.41, 5.74) is 6.86. The van der Waals surface area contributed by atoms with E-state index in [2.05, 4.69) is 9.98 Å². The zero-order valence-corrected chi connectivity index (χ0v) is 14.6. The molecule has 2 heterocycles. The summed E-state index contributed by atoms with van der Waals surface area (Å²) >= 11 is 0. The van der Waals surface area contributed by atoms with Gasteiger partial charge in [-0.15, -0.1) is 0 Å². The number of carbonyl (C=O) groups excluding carboxylic acids is 2. The van der Waals surface area contributed by atoms with Crippen LogP contribution in [0.1, 0.15) is 35.1 Å². The molecule has 3 rings (SSSR count). The molecule has 1 aliphatic rings. The molecule has 0 saturated heterocycles. The molecule has 0 bridgehead atoms. The van der Waals surface area contributed by atoms with E-state index in [0.717, 1.165) is 11.1 Å². The van der Waals surface area contributed by atoms with E-state index in [9.17, 15) is 9.59 Å². The molecular weight excluding hydrogens is 318 g/mol. The van der Waals surface area contributed by atoms with Crippen LogP contribution in [-0.2, 0) is 23.8 Å². The first-order valence-electron chi connectivity index (χ1n) is 8.02. The van der Waals surface area contributed by atoms with Crippen molar-refractivity contribution in [2.45, 2.75) is 25.3 Å². The van der Waals surface area contributed by atoms with E-state index in [-0.39, 0.29) is 30.5 Å². The molecule has 1 atom stereocenters. The van der Waals surface area contributed by atoms with Gasteiger partial charge < -0.3 is 10.3 Å². The van der Waals surface area contributed by atoms with E-state index in [0.29, 0.717) is 5.82 Å². The number of nitrogens with zero attached hydrogens (tertiary/aromatic N) is 4. The lowest BCUT2D eigenvalue weighted by molar-refractivity contribution is -0.128. The Kier molecular flexibility index (Phi) is 4.16. The molecule has 25 heavy (non-hydrogen) atoms. The quantitative estimate of drug-likeness (QED) is 0.848. The summed E-state index contributed by atoms with van der Waals surface area (Å²) < 4.78 is 1.70. The van der Waals surface area contributed by atoms with E-state index >= 15 is 0 Å². The van der Waals surface area contributed by atoms with Crippen LogP contribution in [0.25, 0.3) is 0 Å². The third-order valence-electron chi connectivity index (χ3n) is 4.56. The number of rotatable bonds is 4. The molecule has 1 unspecified atom stereocenters. The second-order valence-electron chi connectivity index (χ2n) is 6.54. The molecule has 130 valence electrons. The fourth-order valence-electron chi connectivity index (χ4n) is 2.99. The number of guanidine groups is 1. The minimum absolute atomic E-state index is 0.0581. The smallest absolute Gasteiger partial charge is 0.231 e. The average Bonchev–Trinajstić information content (AvgIpc) is 2.99. The Morgan fingerprint density at radius 3 is 2.76 bits per heavy atom. The largest absolute Gasteiger partial charge is 0.369 e. The lowest BCUT2D eigenvalue weighted by atomic mass is 9.86. The van der Waals surface area contributed by atoms with E-state index in [1.807, 2.05) is 31.2 Å². The predicted molar refractivity (Wildman–Crippen MR) is 94.0 cm³/mol. The van der Waals surface area contributed by atoms with Gasteiger partial charge in [0.05, 0.1) is 12.0 Å². The van der Waals surface area contributed by atoms with Crippen molar-refractivity contribution in [2.24, 2.45) is 17.8 Å². The monoisotopic (exact) mass is 339 g/mol. The van der Waals surface area contributed by atoms with E-state index in [1.165, 1.54) is 4.90 Å². The molecule has 2 aromatic rings. The number of carbonyl (C=O) groups is 2. The first-order valence-corrected chi connectivity index (χ1v) is 8.02. The lowest BCUT2D eigenvalue weighted by Crippen LogP contribution is -2.47. The Labute approximate surface area is 146 Å². The van der Waals surface area contributed by atoms with Gasteiger partial charge in [0.2, 0.25) is 11.7 Å². The zero-order valence-electron chi connectivity index (χ0n) is 14.6. The summed E-state index contributed by atoms with van der Waals surface area (Å²) in [6.45, 7) is 1.88. The first-order chi connectivity index (χ1) is 11.8. The van der Waals surface area contributed by atoms with E-state index in [4.69, 9.17) is 5.73 Å². The van der Waals surface area contributed by atoms with Crippen molar-refractivity contribution >= 4 is 17.6 Å². The van der Waals surface area contributed by atoms with Crippen LogP contribution in [-0.4, -0.2) is 39.1 Å². The minimum atomic E-state index is -0.726. The van der Waals surface area contributed by atoms with Gasteiger partial charge in [0.15, 0.2) is 11.8 Å². The number of aryl methyl sites for hydroxylation is 1. The number of hydrogen-bond donors (Lipinski definition) is 1. The summed E-state index contributed by atoms with van der Waals surface area (Å²) in [5, 5.41) is 0. The number of aliphatic imine (C=N–C) groups is 1. The molecule has 0 spiro atoms. The fraction of sp³-hybridized carbons (Fsp3) is 0.333. The Balaban J connectivity index is 1.88. The molecule has 7 heteroatoms. The summed E-state index contributed by atoms with van der Waals surface area (Å²) in [6.07, 6.45) is 3.82. The van der Waals surface area contributed by atoms with Crippen molar-refractivity contribution in [1.29, 1.82) is 0 Å². The second-order valence-corrected chi connectivity index (χ2v) is 6.54. The van der Waals surface area contributed by atoms with Gasteiger partial charge in [0.25, 0.3) is 0 Å². The van der Waals surface area contributed by atoms with Gasteiger partial charge in [-0.2, -0.15) is 0 Å². The highest BCUT2D eigenvalue weighted by atomic mass is 16.2. The van der Waals surface area contributed by atoms with Crippen molar-refractivity contribution < 1.29 is 9.59 Å². The summed E-state index contributed by atoms with van der Waals surface area (Å²) in [6, 6.07) is 7.58. The van der Waals surface area contributed by atoms with Crippen LogP contribution in [0.2, 0.25) is 0 Å². The molecule has 1 amide bonds. The maximum absolute atomic E-state index is 12.4. The van der Waals surface area contributed by atoms with Crippen molar-refractivity contribution in [3.63, 3.8) is 0 Å². The Morgan fingerprint density at radius 1 is 1.36 bits per heavy atom. The number of imidazole rings is 1. The van der Waals surface area contributed by atoms with Crippen molar-refractivity contribution in [3.05, 3.63) is 53.6 Å². The van der Waals surface area contributed by atoms with Gasteiger partial charge in [-0.3, -0.25) is 14.5 Å². The Hall–Kier alpha value is -2.96. The standard InChI is InChI=1S/C18H21N5O2/c1-18(11-15(25)23(3)17(19)21-18)13-6-4-5-12(9-13)10-14(24)16-20-7-8-22(16)2/h4-9H,10-11H2,1-3H3,(H2,19,21). The molecule has 1 aromatic carbocycles. The minimum Gasteiger partial charge on any atom is -0.369 e. The molecule has 0 radical (unpaired) electrons. The van der Waals surface area contributed by atoms with Crippen LogP contribution >= 0.6 is 0 Å². The fourth-order valence-corrected chi connectivity index (χ4v) is 2.99. The maximum Gasteiger partial charge on any atom is 0.231 e. The molecule has 2 N–H and O–H groups in total. The first kappa shape index (κ1) is 16.9. The normalized spacial score (nSPS) is 20.5. The van der Waals surface area contributed by atoms with Crippen LogP contribution in [0, 0.1) is 0 Å². The highest BCUT2D eigenvalue weighted by Gasteiger charge is 2.36. The highest BCUT2D eigenvalue weighted by molar-refractivity contribution is 5.98. The Morgan fingerprint density at radius 2 is 2.12 bits per heavy atom. The van der Waals surface area contributed by atoms with Crippen molar-refractivity contribution in [3.8, 4) is 0 Å². The van der Waals surface area contributed by atoms with E-state index < -0.39 is 5.54 Å². The third kappa shape index (κ3) is 3.17. The SMILES string of the molecule is CN1C(=O)CC(C)(c2cccc(CC(=O)c3nccn3C)c2)N=C1N. The van der Waals surface area contributed by atoms with Gasteiger partial charge >= 0.3 is 0 Å². The van der Waals surface area contributed by atoms with Crippen LogP contribution < -0.4 is 5.73 Å².